The first-order valence-corrected chi connectivity index (χ1v) is 3.52. The van der Waals surface area contributed by atoms with Gasteiger partial charge in [-0.3, -0.25) is 0 Å². The Morgan fingerprint density at radius 2 is 2.00 bits per heavy atom. The molecule has 0 aliphatic heterocycles. The summed E-state index contributed by atoms with van der Waals surface area (Å²) in [4.78, 5) is 2.06. The van der Waals surface area contributed by atoms with Crippen LogP contribution < -0.4 is 5.73 Å². The van der Waals surface area contributed by atoms with Crippen LogP contribution in [-0.2, 0) is 0 Å². The molecule has 0 heterocycles. The van der Waals surface area contributed by atoms with Crippen molar-refractivity contribution in [3.63, 3.8) is 0 Å². The number of hydrogen-bond acceptors (Lipinski definition) is 3. The summed E-state index contributed by atoms with van der Waals surface area (Å²) in [5, 5.41) is 8.76. The van der Waals surface area contributed by atoms with Crippen molar-refractivity contribution in [2.24, 2.45) is 5.73 Å². The quantitative estimate of drug-likeness (QED) is 0.570. The molecule has 0 bridgehead atoms. The van der Waals surface area contributed by atoms with Gasteiger partial charge in [-0.15, -0.1) is 0 Å². The lowest BCUT2D eigenvalue weighted by Crippen LogP contribution is -2.42. The Kier molecular flexibility index (Phi) is 3.86. The zero-order valence-electron chi connectivity index (χ0n) is 7.09. The summed E-state index contributed by atoms with van der Waals surface area (Å²) in [5.41, 5.74) is 5.28. The number of aliphatic hydroxyl groups excluding tert-OH is 1. The van der Waals surface area contributed by atoms with Crippen LogP contribution in [-0.4, -0.2) is 42.8 Å². The van der Waals surface area contributed by atoms with Crippen molar-refractivity contribution in [3.05, 3.63) is 0 Å². The van der Waals surface area contributed by atoms with Crippen molar-refractivity contribution in [1.82, 2.24) is 4.90 Å². The number of aliphatic hydroxyl groups is 1. The van der Waals surface area contributed by atoms with E-state index in [1.54, 1.807) is 0 Å². The fourth-order valence-corrected chi connectivity index (χ4v) is 0.558. The molecule has 1 atom stereocenters. The monoisotopic (exact) mass is 146 g/mol. The summed E-state index contributed by atoms with van der Waals surface area (Å²) in [6, 6.07) is 0. The second kappa shape index (κ2) is 3.91. The maximum absolute atomic E-state index is 8.76. The van der Waals surface area contributed by atoms with E-state index in [0.717, 1.165) is 13.0 Å². The molecule has 3 nitrogen and oxygen atoms in total. The third-order valence-corrected chi connectivity index (χ3v) is 1.49. The molecule has 0 radical (unpaired) electrons. The Morgan fingerprint density at radius 3 is 2.30 bits per heavy atom. The smallest absolute Gasteiger partial charge is 0.0608 e. The van der Waals surface area contributed by atoms with Gasteiger partial charge in [0.05, 0.1) is 6.61 Å². The Hall–Kier alpha value is -0.120. The van der Waals surface area contributed by atoms with E-state index in [-0.39, 0.29) is 6.61 Å². The Bertz CT molecular complexity index is 91.6. The van der Waals surface area contributed by atoms with Gasteiger partial charge in [0.2, 0.25) is 0 Å². The SMILES string of the molecule is CN(C)CCC(C)(N)CO. The van der Waals surface area contributed by atoms with Crippen LogP contribution >= 0.6 is 0 Å². The molecule has 0 saturated heterocycles. The Balaban J connectivity index is 3.46. The van der Waals surface area contributed by atoms with Gasteiger partial charge < -0.3 is 15.7 Å². The number of hydrogen-bond donors (Lipinski definition) is 2. The summed E-state index contributed by atoms with van der Waals surface area (Å²) in [5.74, 6) is 0. The first-order valence-electron chi connectivity index (χ1n) is 3.52. The van der Waals surface area contributed by atoms with Gasteiger partial charge >= 0.3 is 0 Å². The zero-order chi connectivity index (χ0) is 8.20. The molecule has 0 aromatic heterocycles. The summed E-state index contributed by atoms with van der Waals surface area (Å²) in [6.07, 6.45) is 0.830. The molecule has 0 amide bonds. The Morgan fingerprint density at radius 1 is 1.50 bits per heavy atom. The molecule has 62 valence electrons. The van der Waals surface area contributed by atoms with Gasteiger partial charge in [-0.1, -0.05) is 0 Å². The largest absolute Gasteiger partial charge is 0.394 e. The highest BCUT2D eigenvalue weighted by atomic mass is 16.3. The van der Waals surface area contributed by atoms with Crippen LogP contribution in [0.3, 0.4) is 0 Å². The third kappa shape index (κ3) is 4.73. The number of nitrogens with two attached hydrogens (primary N) is 1. The van der Waals surface area contributed by atoms with Gasteiger partial charge in [0.15, 0.2) is 0 Å². The van der Waals surface area contributed by atoms with Crippen LogP contribution in [0.4, 0.5) is 0 Å². The standard InChI is InChI=1S/C7H18N2O/c1-7(8,6-10)4-5-9(2)3/h10H,4-6,8H2,1-3H3. The van der Waals surface area contributed by atoms with E-state index < -0.39 is 5.54 Å². The number of rotatable bonds is 4. The molecule has 0 aliphatic rings. The first-order chi connectivity index (χ1) is 4.48. The van der Waals surface area contributed by atoms with E-state index >= 15 is 0 Å². The topological polar surface area (TPSA) is 49.5 Å². The van der Waals surface area contributed by atoms with E-state index in [4.69, 9.17) is 10.8 Å². The number of nitrogens with zero attached hydrogens (tertiary/aromatic N) is 1. The molecule has 0 fully saturated rings. The summed E-state index contributed by atoms with van der Waals surface area (Å²) < 4.78 is 0. The summed E-state index contributed by atoms with van der Waals surface area (Å²) in [6.45, 7) is 2.84. The second-order valence-corrected chi connectivity index (χ2v) is 3.37. The molecular weight excluding hydrogens is 128 g/mol. The average Bonchev–Trinajstić information content (AvgIpc) is 1.85. The van der Waals surface area contributed by atoms with Crippen molar-refractivity contribution >= 4 is 0 Å². The molecule has 1 unspecified atom stereocenters. The van der Waals surface area contributed by atoms with Gasteiger partial charge in [0.1, 0.15) is 0 Å². The minimum absolute atomic E-state index is 0.0564. The van der Waals surface area contributed by atoms with Crippen LogP contribution in [0.2, 0.25) is 0 Å². The highest BCUT2D eigenvalue weighted by Crippen LogP contribution is 2.03. The molecule has 0 spiro atoms. The third-order valence-electron chi connectivity index (χ3n) is 1.49. The fourth-order valence-electron chi connectivity index (χ4n) is 0.558. The van der Waals surface area contributed by atoms with Crippen LogP contribution in [0.1, 0.15) is 13.3 Å². The maximum atomic E-state index is 8.76. The Labute approximate surface area is 62.8 Å². The average molecular weight is 146 g/mol. The molecule has 10 heavy (non-hydrogen) atoms. The summed E-state index contributed by atoms with van der Waals surface area (Å²) in [7, 11) is 3.99. The van der Waals surface area contributed by atoms with Gasteiger partial charge in [0.25, 0.3) is 0 Å². The molecule has 3 N–H and O–H groups in total. The molecule has 0 rings (SSSR count). The summed E-state index contributed by atoms with van der Waals surface area (Å²) >= 11 is 0. The second-order valence-electron chi connectivity index (χ2n) is 3.37. The minimum atomic E-state index is -0.412. The fraction of sp³-hybridized carbons (Fsp3) is 1.00. The molecule has 3 heteroatoms. The first kappa shape index (κ1) is 9.88. The lowest BCUT2D eigenvalue weighted by Gasteiger charge is -2.23. The minimum Gasteiger partial charge on any atom is -0.394 e. The van der Waals surface area contributed by atoms with Gasteiger partial charge in [-0.05, 0) is 34.0 Å². The van der Waals surface area contributed by atoms with Crippen molar-refractivity contribution < 1.29 is 5.11 Å². The predicted molar refractivity (Wildman–Crippen MR) is 42.8 cm³/mol. The van der Waals surface area contributed by atoms with Crippen LogP contribution in [0.25, 0.3) is 0 Å². The zero-order valence-corrected chi connectivity index (χ0v) is 7.09. The van der Waals surface area contributed by atoms with E-state index in [0.29, 0.717) is 0 Å². The molecule has 0 aliphatic carbocycles. The highest BCUT2D eigenvalue weighted by molar-refractivity contribution is 4.77. The van der Waals surface area contributed by atoms with E-state index in [1.165, 1.54) is 0 Å². The van der Waals surface area contributed by atoms with Gasteiger partial charge in [0, 0.05) is 5.54 Å². The molecular formula is C7H18N2O. The van der Waals surface area contributed by atoms with Crippen molar-refractivity contribution in [1.29, 1.82) is 0 Å². The van der Waals surface area contributed by atoms with Crippen LogP contribution in [0.15, 0.2) is 0 Å². The van der Waals surface area contributed by atoms with Crippen LogP contribution in [0, 0.1) is 0 Å². The predicted octanol–water partition coefficient (Wildman–Crippen LogP) is -0.352. The van der Waals surface area contributed by atoms with Crippen molar-refractivity contribution in [3.8, 4) is 0 Å². The molecule has 0 aromatic rings. The molecule has 0 aromatic carbocycles. The van der Waals surface area contributed by atoms with E-state index in [1.807, 2.05) is 21.0 Å². The highest BCUT2D eigenvalue weighted by Gasteiger charge is 2.16. The van der Waals surface area contributed by atoms with Gasteiger partial charge in [-0.2, -0.15) is 0 Å². The van der Waals surface area contributed by atoms with Crippen molar-refractivity contribution in [2.45, 2.75) is 18.9 Å². The van der Waals surface area contributed by atoms with Crippen molar-refractivity contribution in [2.75, 3.05) is 27.2 Å². The van der Waals surface area contributed by atoms with Crippen LogP contribution in [0.5, 0.6) is 0 Å². The van der Waals surface area contributed by atoms with E-state index in [2.05, 4.69) is 4.90 Å². The normalized spacial score (nSPS) is 17.4. The lowest BCUT2D eigenvalue weighted by molar-refractivity contribution is 0.189. The lowest BCUT2D eigenvalue weighted by atomic mass is 10.0. The molecule has 0 saturated carbocycles. The maximum Gasteiger partial charge on any atom is 0.0608 e. The van der Waals surface area contributed by atoms with E-state index in [9.17, 15) is 0 Å². The van der Waals surface area contributed by atoms with Gasteiger partial charge in [-0.25, -0.2) is 0 Å².